The predicted octanol–water partition coefficient (Wildman–Crippen LogP) is 5.34. The summed E-state index contributed by atoms with van der Waals surface area (Å²) >= 11 is 9.50. The minimum absolute atomic E-state index is 0. The van der Waals surface area contributed by atoms with E-state index in [4.69, 9.17) is 21.1 Å². The fourth-order valence-electron chi connectivity index (χ4n) is 3.04. The molecule has 1 aliphatic heterocycles. The molecule has 8 heteroatoms. The summed E-state index contributed by atoms with van der Waals surface area (Å²) < 4.78 is 12.5. The molecule has 162 valence electrons. The summed E-state index contributed by atoms with van der Waals surface area (Å²) in [6.45, 7) is 7.25. The zero-order valence-electron chi connectivity index (χ0n) is 16.2. The Kier molecular flexibility index (Phi) is 13.2. The van der Waals surface area contributed by atoms with E-state index in [1.54, 1.807) is 0 Å². The van der Waals surface area contributed by atoms with E-state index >= 15 is 0 Å². The van der Waals surface area contributed by atoms with Crippen LogP contribution in [0.15, 0.2) is 46.9 Å². The molecule has 2 aromatic carbocycles. The molecule has 1 saturated heterocycles. The van der Waals surface area contributed by atoms with Crippen molar-refractivity contribution in [2.24, 2.45) is 0 Å². The third-order valence-electron chi connectivity index (χ3n) is 4.58. The van der Waals surface area contributed by atoms with Crippen molar-refractivity contribution < 1.29 is 9.47 Å². The van der Waals surface area contributed by atoms with Gasteiger partial charge < -0.3 is 14.8 Å². The number of ether oxygens (including phenoxy) is 2. The van der Waals surface area contributed by atoms with Crippen LogP contribution < -0.4 is 10.1 Å². The van der Waals surface area contributed by atoms with Gasteiger partial charge in [-0.3, -0.25) is 4.90 Å². The van der Waals surface area contributed by atoms with E-state index in [-0.39, 0.29) is 24.8 Å². The van der Waals surface area contributed by atoms with Crippen LogP contribution >= 0.6 is 52.3 Å². The molecule has 0 aromatic heterocycles. The van der Waals surface area contributed by atoms with Crippen LogP contribution in [0.4, 0.5) is 0 Å². The van der Waals surface area contributed by atoms with Crippen molar-refractivity contribution in [1.82, 2.24) is 10.2 Å². The van der Waals surface area contributed by atoms with Crippen LogP contribution in [0.2, 0.25) is 5.02 Å². The molecule has 0 unspecified atom stereocenters. The lowest BCUT2D eigenvalue weighted by Crippen LogP contribution is -2.37. The number of morpholine rings is 1. The number of nitrogens with one attached hydrogen (secondary N) is 1. The SMILES string of the molecule is Cl.Cl.Clc1ccc(COc2ccc(Br)cc2CNCCCN2CCOCC2)cc1. The molecule has 0 radical (unpaired) electrons. The standard InChI is InChI=1S/C21H26BrClN2O2.2ClH/c22-19-4-7-21(27-16-17-2-5-20(23)6-3-17)18(14-19)15-24-8-1-9-25-10-12-26-13-11-25;;/h2-7,14,24H,1,8-13,15-16H2;2*1H. The van der Waals surface area contributed by atoms with Crippen molar-refractivity contribution >= 4 is 52.3 Å². The van der Waals surface area contributed by atoms with Gasteiger partial charge in [-0.05, 0) is 55.4 Å². The highest BCUT2D eigenvalue weighted by Gasteiger charge is 2.09. The Bertz CT molecular complexity index is 714. The zero-order chi connectivity index (χ0) is 18.9. The predicted molar refractivity (Wildman–Crippen MR) is 128 cm³/mol. The van der Waals surface area contributed by atoms with Gasteiger partial charge in [-0.2, -0.15) is 0 Å². The number of halogens is 4. The van der Waals surface area contributed by atoms with Gasteiger partial charge in [0.2, 0.25) is 0 Å². The molecule has 1 fully saturated rings. The summed E-state index contributed by atoms with van der Waals surface area (Å²) in [6.07, 6.45) is 1.13. The number of benzene rings is 2. The molecule has 0 bridgehead atoms. The Balaban J connectivity index is 0.00000210. The lowest BCUT2D eigenvalue weighted by molar-refractivity contribution is 0.0374. The van der Waals surface area contributed by atoms with Gasteiger partial charge in [0.15, 0.2) is 0 Å². The smallest absolute Gasteiger partial charge is 0.124 e. The average Bonchev–Trinajstić information content (AvgIpc) is 2.69. The van der Waals surface area contributed by atoms with E-state index in [1.165, 1.54) is 0 Å². The quantitative estimate of drug-likeness (QED) is 0.448. The van der Waals surface area contributed by atoms with Crippen molar-refractivity contribution in [2.75, 3.05) is 39.4 Å². The van der Waals surface area contributed by atoms with Crippen LogP contribution in [0, 0.1) is 0 Å². The second-order valence-electron chi connectivity index (χ2n) is 6.65. The normalized spacial score (nSPS) is 14.0. The van der Waals surface area contributed by atoms with E-state index in [9.17, 15) is 0 Å². The Morgan fingerprint density at radius 2 is 1.79 bits per heavy atom. The van der Waals surface area contributed by atoms with Crippen LogP contribution in [0.3, 0.4) is 0 Å². The zero-order valence-corrected chi connectivity index (χ0v) is 20.2. The van der Waals surface area contributed by atoms with Crippen molar-refractivity contribution in [2.45, 2.75) is 19.6 Å². The van der Waals surface area contributed by atoms with Crippen LogP contribution in [0.1, 0.15) is 17.5 Å². The van der Waals surface area contributed by atoms with Gasteiger partial charge in [0.05, 0.1) is 13.2 Å². The lowest BCUT2D eigenvalue weighted by Gasteiger charge is -2.26. The molecule has 0 aliphatic carbocycles. The molecule has 0 amide bonds. The third kappa shape index (κ3) is 9.43. The first-order valence-electron chi connectivity index (χ1n) is 9.37. The maximum absolute atomic E-state index is 6.04. The van der Waals surface area contributed by atoms with E-state index in [0.717, 1.165) is 78.7 Å². The van der Waals surface area contributed by atoms with Gasteiger partial charge in [0, 0.05) is 34.7 Å². The van der Waals surface area contributed by atoms with Gasteiger partial charge >= 0.3 is 0 Å². The first-order chi connectivity index (χ1) is 13.2. The fourth-order valence-corrected chi connectivity index (χ4v) is 3.58. The largest absolute Gasteiger partial charge is 0.489 e. The van der Waals surface area contributed by atoms with Crippen molar-refractivity contribution in [1.29, 1.82) is 0 Å². The molecule has 2 aromatic rings. The second-order valence-corrected chi connectivity index (χ2v) is 8.00. The van der Waals surface area contributed by atoms with Crippen LogP contribution in [-0.4, -0.2) is 44.3 Å². The Labute approximate surface area is 199 Å². The maximum atomic E-state index is 6.04. The molecule has 0 atom stereocenters. The molecular weight excluding hydrogens is 499 g/mol. The van der Waals surface area contributed by atoms with E-state index in [2.05, 4.69) is 32.2 Å². The van der Waals surface area contributed by atoms with Crippen molar-refractivity contribution in [3.63, 3.8) is 0 Å². The van der Waals surface area contributed by atoms with Crippen molar-refractivity contribution in [3.05, 3.63) is 63.1 Å². The molecule has 1 N–H and O–H groups in total. The highest BCUT2D eigenvalue weighted by Crippen LogP contribution is 2.24. The topological polar surface area (TPSA) is 33.7 Å². The first kappa shape index (κ1) is 26.5. The summed E-state index contributed by atoms with van der Waals surface area (Å²) in [7, 11) is 0. The number of nitrogens with zero attached hydrogens (tertiary/aromatic N) is 1. The van der Waals surface area contributed by atoms with Crippen LogP contribution in [0.25, 0.3) is 0 Å². The number of rotatable bonds is 9. The van der Waals surface area contributed by atoms with Crippen LogP contribution in [-0.2, 0) is 17.9 Å². The van der Waals surface area contributed by atoms with Gasteiger partial charge in [0.1, 0.15) is 12.4 Å². The average molecular weight is 527 g/mol. The minimum Gasteiger partial charge on any atom is -0.489 e. The van der Waals surface area contributed by atoms with Gasteiger partial charge in [-0.25, -0.2) is 0 Å². The van der Waals surface area contributed by atoms with E-state index in [1.807, 2.05) is 36.4 Å². The Morgan fingerprint density at radius 3 is 2.52 bits per heavy atom. The molecular formula is C21H28BrCl3N2O2. The third-order valence-corrected chi connectivity index (χ3v) is 5.32. The summed E-state index contributed by atoms with van der Waals surface area (Å²) in [5, 5.41) is 4.28. The summed E-state index contributed by atoms with van der Waals surface area (Å²) in [5.74, 6) is 0.911. The summed E-state index contributed by atoms with van der Waals surface area (Å²) in [5.41, 5.74) is 2.26. The molecule has 3 rings (SSSR count). The summed E-state index contributed by atoms with van der Waals surface area (Å²) in [4.78, 5) is 2.46. The first-order valence-corrected chi connectivity index (χ1v) is 10.5. The molecule has 29 heavy (non-hydrogen) atoms. The maximum Gasteiger partial charge on any atom is 0.124 e. The van der Waals surface area contributed by atoms with Gasteiger partial charge in [-0.15, -0.1) is 24.8 Å². The van der Waals surface area contributed by atoms with E-state index in [0.29, 0.717) is 6.61 Å². The molecule has 1 heterocycles. The number of hydrogen-bond donors (Lipinski definition) is 1. The number of hydrogen-bond acceptors (Lipinski definition) is 4. The molecule has 4 nitrogen and oxygen atoms in total. The van der Waals surface area contributed by atoms with Crippen molar-refractivity contribution in [3.8, 4) is 5.75 Å². The molecule has 1 aliphatic rings. The highest BCUT2D eigenvalue weighted by atomic mass is 79.9. The summed E-state index contributed by atoms with van der Waals surface area (Å²) in [6, 6.07) is 13.9. The molecule has 0 spiro atoms. The van der Waals surface area contributed by atoms with Gasteiger partial charge in [-0.1, -0.05) is 39.7 Å². The lowest BCUT2D eigenvalue weighted by atomic mass is 10.2. The minimum atomic E-state index is 0. The monoisotopic (exact) mass is 524 g/mol. The van der Waals surface area contributed by atoms with Crippen LogP contribution in [0.5, 0.6) is 5.75 Å². The Hall–Kier alpha value is -0.530. The van der Waals surface area contributed by atoms with Gasteiger partial charge in [0.25, 0.3) is 0 Å². The van der Waals surface area contributed by atoms with E-state index < -0.39 is 0 Å². The second kappa shape index (κ2) is 14.5. The molecule has 0 saturated carbocycles. The Morgan fingerprint density at radius 1 is 1.07 bits per heavy atom. The fraction of sp³-hybridized carbons (Fsp3) is 0.429. The highest BCUT2D eigenvalue weighted by molar-refractivity contribution is 9.10.